The Balaban J connectivity index is 1.36. The zero-order valence-electron chi connectivity index (χ0n) is 12.1. The molecule has 0 saturated carbocycles. The van der Waals surface area contributed by atoms with Crippen molar-refractivity contribution in [1.29, 1.82) is 0 Å². The number of rotatable bonds is 6. The van der Waals surface area contributed by atoms with E-state index in [1.807, 2.05) is 6.20 Å². The normalized spacial score (nSPS) is 16.8. The maximum atomic E-state index is 4.05. The molecule has 1 aromatic heterocycles. The van der Waals surface area contributed by atoms with E-state index in [4.69, 9.17) is 0 Å². The molecule has 4 heteroatoms. The predicted octanol–water partition coefficient (Wildman–Crippen LogP) is 2.53. The summed E-state index contributed by atoms with van der Waals surface area (Å²) < 4.78 is 0. The number of likely N-dealkylation sites (tertiary alicyclic amines) is 1. The van der Waals surface area contributed by atoms with Crippen molar-refractivity contribution in [2.45, 2.75) is 32.2 Å². The number of fused-ring (bicyclic) bond motifs is 1. The fourth-order valence-corrected chi connectivity index (χ4v) is 2.94. The van der Waals surface area contributed by atoms with Crippen LogP contribution < -0.4 is 5.32 Å². The van der Waals surface area contributed by atoms with E-state index in [0.29, 0.717) is 0 Å². The largest absolute Gasteiger partial charge is 0.313 e. The van der Waals surface area contributed by atoms with Crippen LogP contribution in [0.5, 0.6) is 0 Å². The van der Waals surface area contributed by atoms with Gasteiger partial charge in [-0.25, -0.2) is 0 Å². The lowest BCUT2D eigenvalue weighted by atomic mass is 10.1. The van der Waals surface area contributed by atoms with Gasteiger partial charge in [0.25, 0.3) is 0 Å². The van der Waals surface area contributed by atoms with Gasteiger partial charge in [0.2, 0.25) is 0 Å². The highest BCUT2D eigenvalue weighted by Crippen LogP contribution is 2.12. The van der Waals surface area contributed by atoms with E-state index >= 15 is 0 Å². The number of aromatic nitrogens is 2. The second-order valence-electron chi connectivity index (χ2n) is 5.72. The molecular formula is C16H24N4. The van der Waals surface area contributed by atoms with E-state index < -0.39 is 0 Å². The highest BCUT2D eigenvalue weighted by Gasteiger charge is 2.08. The van der Waals surface area contributed by atoms with E-state index in [1.54, 1.807) is 0 Å². The lowest BCUT2D eigenvalue weighted by Crippen LogP contribution is -2.32. The van der Waals surface area contributed by atoms with Crippen molar-refractivity contribution in [3.8, 4) is 0 Å². The number of piperidine rings is 1. The molecule has 0 amide bonds. The standard InChI is InChI=1S/C16H24N4/c1-2-8-20(9-3-1)10-4-7-17-12-14-5-6-15-13-18-19-16(15)11-14/h5-6,11,13,17H,1-4,7-10,12H2,(H,18,19). The van der Waals surface area contributed by atoms with Crippen molar-refractivity contribution >= 4 is 10.9 Å². The number of aromatic amines is 1. The molecular weight excluding hydrogens is 248 g/mol. The lowest BCUT2D eigenvalue weighted by Gasteiger charge is -2.26. The SMILES string of the molecule is c1cc2cn[nH]c2cc1CNCCCN1CCCCC1. The molecule has 0 unspecified atom stereocenters. The van der Waals surface area contributed by atoms with Crippen LogP contribution in [0.15, 0.2) is 24.4 Å². The monoisotopic (exact) mass is 272 g/mol. The predicted molar refractivity (Wildman–Crippen MR) is 82.7 cm³/mol. The van der Waals surface area contributed by atoms with Crippen molar-refractivity contribution in [1.82, 2.24) is 20.4 Å². The van der Waals surface area contributed by atoms with E-state index in [1.165, 1.54) is 56.3 Å². The maximum absolute atomic E-state index is 4.05. The molecule has 1 aromatic carbocycles. The highest BCUT2D eigenvalue weighted by molar-refractivity contribution is 5.78. The summed E-state index contributed by atoms with van der Waals surface area (Å²) in [6.07, 6.45) is 7.30. The van der Waals surface area contributed by atoms with Gasteiger partial charge in [0, 0.05) is 11.9 Å². The number of hydrogen-bond donors (Lipinski definition) is 2. The minimum absolute atomic E-state index is 0.939. The molecule has 4 nitrogen and oxygen atoms in total. The Morgan fingerprint density at radius 1 is 1.20 bits per heavy atom. The molecule has 108 valence electrons. The third kappa shape index (κ3) is 3.58. The average Bonchev–Trinajstić information content (AvgIpc) is 2.95. The Kier molecular flexibility index (Phi) is 4.66. The number of H-pyrrole nitrogens is 1. The number of nitrogens with zero attached hydrogens (tertiary/aromatic N) is 2. The molecule has 1 fully saturated rings. The molecule has 2 N–H and O–H groups in total. The topological polar surface area (TPSA) is 44.0 Å². The Morgan fingerprint density at radius 3 is 3.00 bits per heavy atom. The van der Waals surface area contributed by atoms with Crippen LogP contribution in [0.4, 0.5) is 0 Å². The van der Waals surface area contributed by atoms with Crippen LogP contribution in [-0.2, 0) is 6.54 Å². The molecule has 1 saturated heterocycles. The van der Waals surface area contributed by atoms with E-state index in [0.717, 1.165) is 18.6 Å². The van der Waals surface area contributed by atoms with Gasteiger partial charge in [-0.3, -0.25) is 5.10 Å². The van der Waals surface area contributed by atoms with Gasteiger partial charge < -0.3 is 10.2 Å². The third-order valence-corrected chi connectivity index (χ3v) is 4.11. The quantitative estimate of drug-likeness (QED) is 0.794. The fourth-order valence-electron chi connectivity index (χ4n) is 2.94. The van der Waals surface area contributed by atoms with Gasteiger partial charge in [-0.15, -0.1) is 0 Å². The summed E-state index contributed by atoms with van der Waals surface area (Å²) in [4.78, 5) is 2.60. The van der Waals surface area contributed by atoms with Crippen LogP contribution >= 0.6 is 0 Å². The first kappa shape index (κ1) is 13.6. The second-order valence-corrected chi connectivity index (χ2v) is 5.72. The summed E-state index contributed by atoms with van der Waals surface area (Å²) in [6.45, 7) is 5.88. The van der Waals surface area contributed by atoms with E-state index in [-0.39, 0.29) is 0 Å². The van der Waals surface area contributed by atoms with Gasteiger partial charge in [-0.05, 0) is 57.1 Å². The molecule has 0 atom stereocenters. The van der Waals surface area contributed by atoms with Crippen LogP contribution in [0.1, 0.15) is 31.2 Å². The third-order valence-electron chi connectivity index (χ3n) is 4.11. The Morgan fingerprint density at radius 2 is 2.10 bits per heavy atom. The molecule has 1 aliphatic heterocycles. The second kappa shape index (κ2) is 6.86. The van der Waals surface area contributed by atoms with Crippen LogP contribution in [-0.4, -0.2) is 41.3 Å². The molecule has 0 aliphatic carbocycles. The summed E-state index contributed by atoms with van der Waals surface area (Å²) in [5.41, 5.74) is 2.44. The highest BCUT2D eigenvalue weighted by atomic mass is 15.1. The van der Waals surface area contributed by atoms with Gasteiger partial charge in [-0.1, -0.05) is 18.6 Å². The summed E-state index contributed by atoms with van der Waals surface area (Å²) >= 11 is 0. The molecule has 2 heterocycles. The molecule has 1 aliphatic rings. The van der Waals surface area contributed by atoms with Gasteiger partial charge in [0.05, 0.1) is 11.7 Å². The minimum atomic E-state index is 0.939. The van der Waals surface area contributed by atoms with E-state index in [9.17, 15) is 0 Å². The number of hydrogen-bond acceptors (Lipinski definition) is 3. The van der Waals surface area contributed by atoms with Gasteiger partial charge in [0.15, 0.2) is 0 Å². The van der Waals surface area contributed by atoms with Gasteiger partial charge in [-0.2, -0.15) is 5.10 Å². The van der Waals surface area contributed by atoms with Crippen LogP contribution in [0, 0.1) is 0 Å². The van der Waals surface area contributed by atoms with Crippen molar-refractivity contribution in [3.63, 3.8) is 0 Å². The first-order chi connectivity index (χ1) is 9.92. The van der Waals surface area contributed by atoms with Gasteiger partial charge >= 0.3 is 0 Å². The van der Waals surface area contributed by atoms with Crippen LogP contribution in [0.3, 0.4) is 0 Å². The Labute approximate surface area is 120 Å². The molecule has 0 radical (unpaired) electrons. The zero-order valence-corrected chi connectivity index (χ0v) is 12.1. The first-order valence-electron chi connectivity index (χ1n) is 7.77. The van der Waals surface area contributed by atoms with Crippen molar-refractivity contribution in [3.05, 3.63) is 30.0 Å². The maximum Gasteiger partial charge on any atom is 0.0653 e. The first-order valence-corrected chi connectivity index (χ1v) is 7.77. The van der Waals surface area contributed by atoms with E-state index in [2.05, 4.69) is 38.6 Å². The van der Waals surface area contributed by atoms with Crippen molar-refractivity contribution in [2.75, 3.05) is 26.2 Å². The zero-order chi connectivity index (χ0) is 13.6. The van der Waals surface area contributed by atoms with Crippen molar-refractivity contribution < 1.29 is 0 Å². The smallest absolute Gasteiger partial charge is 0.0653 e. The molecule has 2 aromatic rings. The molecule has 0 spiro atoms. The summed E-state index contributed by atoms with van der Waals surface area (Å²) in [5, 5.41) is 11.8. The number of benzene rings is 1. The average molecular weight is 272 g/mol. The van der Waals surface area contributed by atoms with Gasteiger partial charge in [0.1, 0.15) is 0 Å². The fraction of sp³-hybridized carbons (Fsp3) is 0.562. The van der Waals surface area contributed by atoms with Crippen LogP contribution in [0.2, 0.25) is 0 Å². The summed E-state index contributed by atoms with van der Waals surface area (Å²) in [7, 11) is 0. The summed E-state index contributed by atoms with van der Waals surface area (Å²) in [6, 6.07) is 6.49. The van der Waals surface area contributed by atoms with Crippen LogP contribution in [0.25, 0.3) is 10.9 Å². The Hall–Kier alpha value is -1.39. The van der Waals surface area contributed by atoms with Crippen molar-refractivity contribution in [2.24, 2.45) is 0 Å². The minimum Gasteiger partial charge on any atom is -0.313 e. The lowest BCUT2D eigenvalue weighted by molar-refractivity contribution is 0.225. The molecule has 3 rings (SSSR count). The summed E-state index contributed by atoms with van der Waals surface area (Å²) in [5.74, 6) is 0. The number of nitrogens with one attached hydrogen (secondary N) is 2. The molecule has 20 heavy (non-hydrogen) atoms. The molecule has 0 bridgehead atoms. The Bertz CT molecular complexity index is 528.